The van der Waals surface area contributed by atoms with Crippen LogP contribution in [0.15, 0.2) is 61.7 Å². The van der Waals surface area contributed by atoms with E-state index in [0.717, 1.165) is 22.9 Å². The molecule has 0 unspecified atom stereocenters. The number of nitrogens with zero attached hydrogens (tertiary/aromatic N) is 1. The van der Waals surface area contributed by atoms with Crippen LogP contribution in [0, 0.1) is 6.92 Å². The first-order chi connectivity index (χ1) is 15.9. The van der Waals surface area contributed by atoms with Crippen molar-refractivity contribution in [1.29, 1.82) is 0 Å². The van der Waals surface area contributed by atoms with Crippen molar-refractivity contribution in [1.82, 2.24) is 3.96 Å². The number of sulfonamides is 2. The van der Waals surface area contributed by atoms with Crippen molar-refractivity contribution in [2.75, 3.05) is 9.44 Å². The maximum Gasteiger partial charge on any atom is 0.336 e. The Bertz CT molecular complexity index is 1700. The predicted octanol–water partition coefficient (Wildman–Crippen LogP) is 3.27. The van der Waals surface area contributed by atoms with E-state index in [1.807, 2.05) is 0 Å². The molecule has 10 nitrogen and oxygen atoms in total. The Kier molecular flexibility index (Phi) is 6.01. The molecule has 0 fully saturated rings. The number of hydrogen-bond acceptors (Lipinski definition) is 8. The number of aromatic carboxylic acids is 1. The first-order valence-electron chi connectivity index (χ1n) is 9.47. The number of aromatic nitrogens is 1. The van der Waals surface area contributed by atoms with Gasteiger partial charge in [0.2, 0.25) is 0 Å². The fourth-order valence-corrected chi connectivity index (χ4v) is 7.31. The van der Waals surface area contributed by atoms with Crippen LogP contribution < -0.4 is 14.2 Å². The molecular weight excluding hydrogens is 523 g/mol. The van der Waals surface area contributed by atoms with E-state index in [9.17, 15) is 31.5 Å². The minimum Gasteiger partial charge on any atom is -0.478 e. The van der Waals surface area contributed by atoms with Gasteiger partial charge in [0.15, 0.2) is 0 Å². The summed E-state index contributed by atoms with van der Waals surface area (Å²) in [5.41, 5.74) is -0.0262. The van der Waals surface area contributed by atoms with E-state index in [-0.39, 0.29) is 41.7 Å². The highest BCUT2D eigenvalue weighted by Crippen LogP contribution is 2.33. The van der Waals surface area contributed by atoms with Crippen molar-refractivity contribution in [2.45, 2.75) is 16.0 Å². The zero-order valence-corrected chi connectivity index (χ0v) is 20.9. The third-order valence-corrected chi connectivity index (χ3v) is 9.96. The first kappa shape index (κ1) is 23.9. The smallest absolute Gasteiger partial charge is 0.336 e. The maximum atomic E-state index is 13.2. The SMILES string of the molecule is Cc1c(C(=O)O)ccc(NS(=O)(=O)c2cccs2)c1NS(=O)(=O)c1ccc2c(c1)c(=O)sn2C. The van der Waals surface area contributed by atoms with Gasteiger partial charge in [-0.2, -0.15) is 0 Å². The third-order valence-electron chi connectivity index (χ3n) is 4.99. The molecule has 3 N–H and O–H groups in total. The van der Waals surface area contributed by atoms with Gasteiger partial charge in [-0.3, -0.25) is 18.2 Å². The third kappa shape index (κ3) is 4.32. The van der Waals surface area contributed by atoms with Gasteiger partial charge < -0.3 is 5.11 Å². The van der Waals surface area contributed by atoms with E-state index in [1.54, 1.807) is 22.5 Å². The summed E-state index contributed by atoms with van der Waals surface area (Å²) in [6, 6.07) is 9.31. The predicted molar refractivity (Wildman–Crippen MR) is 131 cm³/mol. The second kappa shape index (κ2) is 8.54. The van der Waals surface area contributed by atoms with E-state index in [4.69, 9.17) is 0 Å². The number of hydrogen-bond donors (Lipinski definition) is 3. The van der Waals surface area contributed by atoms with Crippen molar-refractivity contribution in [3.8, 4) is 0 Å². The summed E-state index contributed by atoms with van der Waals surface area (Å²) in [4.78, 5) is 23.6. The average molecular weight is 540 g/mol. The summed E-state index contributed by atoms with van der Waals surface area (Å²) in [5.74, 6) is -1.31. The second-order valence-electron chi connectivity index (χ2n) is 7.16. The molecule has 0 atom stereocenters. The standard InChI is InChI=1S/C20H17N3O7S4/c1-11-13(19(24)25)6-7-15(21-34(29,30)17-4-3-9-31-17)18(11)22-33(27,28)12-5-8-16-14(10-12)20(26)32-23(16)2/h3-10,21-22H,1-2H3,(H,24,25). The molecule has 0 saturated carbocycles. The normalized spacial score (nSPS) is 12.1. The lowest BCUT2D eigenvalue weighted by Crippen LogP contribution is -2.19. The van der Waals surface area contributed by atoms with Crippen molar-refractivity contribution >= 4 is 71.2 Å². The lowest BCUT2D eigenvalue weighted by molar-refractivity contribution is 0.0696. The minimum atomic E-state index is -4.33. The number of benzene rings is 2. The molecule has 4 aromatic rings. The molecule has 2 heterocycles. The van der Waals surface area contributed by atoms with Gasteiger partial charge in [-0.05, 0) is 65.8 Å². The average Bonchev–Trinajstić information content (AvgIpc) is 3.39. The first-order valence-corrected chi connectivity index (χ1v) is 14.1. The lowest BCUT2D eigenvalue weighted by Gasteiger charge is -2.18. The van der Waals surface area contributed by atoms with E-state index in [2.05, 4.69) is 9.44 Å². The maximum absolute atomic E-state index is 13.2. The molecule has 2 aromatic carbocycles. The van der Waals surface area contributed by atoms with Gasteiger partial charge >= 0.3 is 5.97 Å². The quantitative estimate of drug-likeness (QED) is 0.326. The fourth-order valence-electron chi connectivity index (χ4n) is 3.31. The zero-order chi connectivity index (χ0) is 24.8. The number of carboxylic acid groups (broad SMARTS) is 1. The van der Waals surface area contributed by atoms with Crippen molar-refractivity contribution < 1.29 is 26.7 Å². The van der Waals surface area contributed by atoms with Gasteiger partial charge in [-0.1, -0.05) is 6.07 Å². The molecule has 0 aliphatic heterocycles. The van der Waals surface area contributed by atoms with Crippen LogP contribution in [0.25, 0.3) is 10.9 Å². The molecule has 0 aliphatic rings. The van der Waals surface area contributed by atoms with Gasteiger partial charge in [0.05, 0.1) is 32.7 Å². The molecule has 0 bridgehead atoms. The molecule has 4 rings (SSSR count). The van der Waals surface area contributed by atoms with E-state index in [1.165, 1.54) is 43.3 Å². The van der Waals surface area contributed by atoms with Gasteiger partial charge in [-0.15, -0.1) is 11.3 Å². The molecule has 0 saturated heterocycles. The monoisotopic (exact) mass is 539 g/mol. The number of thiophene rings is 1. The lowest BCUT2D eigenvalue weighted by atomic mass is 10.1. The van der Waals surface area contributed by atoms with Crippen LogP contribution in [0.5, 0.6) is 0 Å². The summed E-state index contributed by atoms with van der Waals surface area (Å²) in [6.45, 7) is 1.36. The van der Waals surface area contributed by atoms with E-state index < -0.39 is 26.0 Å². The summed E-state index contributed by atoms with van der Waals surface area (Å²) in [7, 11) is -6.70. The van der Waals surface area contributed by atoms with Crippen LogP contribution in [-0.4, -0.2) is 31.9 Å². The largest absolute Gasteiger partial charge is 0.478 e. The van der Waals surface area contributed by atoms with Gasteiger partial charge in [0, 0.05) is 7.05 Å². The van der Waals surface area contributed by atoms with Crippen LogP contribution in [-0.2, 0) is 27.1 Å². The Balaban J connectivity index is 1.82. The molecule has 0 spiro atoms. The van der Waals surface area contributed by atoms with E-state index in [0.29, 0.717) is 5.52 Å². The van der Waals surface area contributed by atoms with Crippen molar-refractivity contribution in [3.63, 3.8) is 0 Å². The highest BCUT2D eigenvalue weighted by molar-refractivity contribution is 7.94. The Morgan fingerprint density at radius 3 is 2.41 bits per heavy atom. The Morgan fingerprint density at radius 1 is 1.03 bits per heavy atom. The van der Waals surface area contributed by atoms with Crippen molar-refractivity contribution in [2.24, 2.45) is 7.05 Å². The molecule has 178 valence electrons. The number of aryl methyl sites for hydroxylation is 1. The summed E-state index contributed by atoms with van der Waals surface area (Å²) >= 11 is 1.89. The zero-order valence-electron chi connectivity index (χ0n) is 17.6. The van der Waals surface area contributed by atoms with Crippen LogP contribution in [0.1, 0.15) is 15.9 Å². The Labute approximate surface area is 202 Å². The number of rotatable bonds is 7. The second-order valence-corrected chi connectivity index (χ2v) is 12.8. The minimum absolute atomic E-state index is 0.0000238. The Morgan fingerprint density at radius 2 is 1.76 bits per heavy atom. The number of fused-ring (bicyclic) bond motifs is 1. The van der Waals surface area contributed by atoms with Gasteiger partial charge in [0.1, 0.15) is 4.21 Å². The van der Waals surface area contributed by atoms with Crippen LogP contribution >= 0.6 is 22.9 Å². The molecule has 0 amide bonds. The number of carboxylic acids is 1. The number of nitrogens with one attached hydrogen (secondary N) is 2. The summed E-state index contributed by atoms with van der Waals surface area (Å²) in [6.07, 6.45) is 0. The van der Waals surface area contributed by atoms with Crippen LogP contribution in [0.3, 0.4) is 0 Å². The summed E-state index contributed by atoms with van der Waals surface area (Å²) in [5, 5.41) is 11.3. The van der Waals surface area contributed by atoms with Crippen LogP contribution in [0.2, 0.25) is 0 Å². The molecule has 0 radical (unpaired) electrons. The van der Waals surface area contributed by atoms with Gasteiger partial charge in [-0.25, -0.2) is 21.6 Å². The molecular formula is C20H17N3O7S4. The topological polar surface area (TPSA) is 152 Å². The van der Waals surface area contributed by atoms with Crippen molar-refractivity contribution in [3.05, 3.63) is 68.5 Å². The molecule has 2 aromatic heterocycles. The highest BCUT2D eigenvalue weighted by Gasteiger charge is 2.25. The molecule has 14 heteroatoms. The van der Waals surface area contributed by atoms with E-state index >= 15 is 0 Å². The number of anilines is 2. The fraction of sp³-hybridized carbons (Fsp3) is 0.100. The van der Waals surface area contributed by atoms with Crippen LogP contribution in [0.4, 0.5) is 11.4 Å². The van der Waals surface area contributed by atoms with Gasteiger partial charge in [0.25, 0.3) is 24.8 Å². The highest BCUT2D eigenvalue weighted by atomic mass is 32.2. The molecule has 0 aliphatic carbocycles. The summed E-state index contributed by atoms with van der Waals surface area (Å²) < 4.78 is 57.8. The number of carbonyl (C=O) groups is 1. The Hall–Kier alpha value is -3.20. The molecule has 34 heavy (non-hydrogen) atoms.